The van der Waals surface area contributed by atoms with Crippen molar-refractivity contribution < 1.29 is 18.8 Å². The summed E-state index contributed by atoms with van der Waals surface area (Å²) in [5.74, 6) is -1.52. The zero-order valence-corrected chi connectivity index (χ0v) is 18.2. The summed E-state index contributed by atoms with van der Waals surface area (Å²) in [7, 11) is 0. The fourth-order valence-corrected chi connectivity index (χ4v) is 3.72. The first kappa shape index (κ1) is 22.2. The van der Waals surface area contributed by atoms with Crippen molar-refractivity contribution in [1.82, 2.24) is 5.32 Å². The van der Waals surface area contributed by atoms with Gasteiger partial charge in [-0.25, -0.2) is 4.39 Å². The predicted octanol–water partition coefficient (Wildman–Crippen LogP) is 4.06. The molecule has 3 amide bonds. The number of anilines is 2. The Labute approximate surface area is 191 Å². The number of nitrogens with one attached hydrogen (secondary N) is 2. The molecule has 1 saturated heterocycles. The van der Waals surface area contributed by atoms with Crippen LogP contribution in [0.4, 0.5) is 15.8 Å². The van der Waals surface area contributed by atoms with Crippen molar-refractivity contribution in [3.63, 3.8) is 0 Å². The number of aryl methyl sites for hydroxylation is 1. The summed E-state index contributed by atoms with van der Waals surface area (Å²) in [6.45, 7) is 2.47. The first-order valence-electron chi connectivity index (χ1n) is 10.7. The maximum Gasteiger partial charge on any atom is 0.255 e. The quantitative estimate of drug-likeness (QED) is 0.601. The molecular weight excluding hydrogens is 421 g/mol. The molecule has 168 valence electrons. The van der Waals surface area contributed by atoms with Crippen molar-refractivity contribution in [2.75, 3.05) is 16.8 Å². The highest BCUT2D eigenvalue weighted by molar-refractivity contribution is 6.06. The average molecular weight is 445 g/mol. The Morgan fingerprint density at radius 1 is 1.03 bits per heavy atom. The van der Waals surface area contributed by atoms with Crippen LogP contribution < -0.4 is 15.5 Å². The van der Waals surface area contributed by atoms with Gasteiger partial charge >= 0.3 is 0 Å². The third-order valence-corrected chi connectivity index (χ3v) is 5.61. The summed E-state index contributed by atoms with van der Waals surface area (Å²) in [6, 6.07) is 20.2. The second kappa shape index (κ2) is 9.65. The highest BCUT2D eigenvalue weighted by Crippen LogP contribution is 2.26. The van der Waals surface area contributed by atoms with Crippen LogP contribution in [0.5, 0.6) is 0 Å². The van der Waals surface area contributed by atoms with Gasteiger partial charge in [-0.15, -0.1) is 0 Å². The van der Waals surface area contributed by atoms with Gasteiger partial charge in [0.15, 0.2) is 0 Å². The monoisotopic (exact) mass is 445 g/mol. The second-order valence-electron chi connectivity index (χ2n) is 8.12. The number of rotatable bonds is 6. The Balaban J connectivity index is 1.39. The zero-order chi connectivity index (χ0) is 23.4. The summed E-state index contributed by atoms with van der Waals surface area (Å²) in [4.78, 5) is 39.4. The maximum atomic E-state index is 13.0. The van der Waals surface area contributed by atoms with Gasteiger partial charge in [0, 0.05) is 36.4 Å². The van der Waals surface area contributed by atoms with Gasteiger partial charge in [0.25, 0.3) is 5.91 Å². The normalized spacial score (nSPS) is 15.4. The van der Waals surface area contributed by atoms with Gasteiger partial charge in [-0.1, -0.05) is 35.9 Å². The van der Waals surface area contributed by atoms with Gasteiger partial charge in [-0.2, -0.15) is 0 Å². The van der Waals surface area contributed by atoms with E-state index in [4.69, 9.17) is 0 Å². The molecule has 1 atom stereocenters. The lowest BCUT2D eigenvalue weighted by atomic mass is 10.1. The minimum atomic E-state index is -0.497. The third kappa shape index (κ3) is 5.44. The number of hydrogen-bond donors (Lipinski definition) is 2. The van der Waals surface area contributed by atoms with E-state index in [-0.39, 0.29) is 43.0 Å². The van der Waals surface area contributed by atoms with Crippen LogP contribution in [0.3, 0.4) is 0 Å². The summed E-state index contributed by atoms with van der Waals surface area (Å²) < 4.78 is 13.0. The van der Waals surface area contributed by atoms with Crippen molar-refractivity contribution in [3.05, 3.63) is 95.3 Å². The number of carbonyl (C=O) groups excluding carboxylic acids is 3. The van der Waals surface area contributed by atoms with E-state index in [1.54, 1.807) is 36.4 Å². The van der Waals surface area contributed by atoms with Crippen LogP contribution >= 0.6 is 0 Å². The molecule has 4 rings (SSSR count). The van der Waals surface area contributed by atoms with Crippen molar-refractivity contribution in [2.45, 2.75) is 19.9 Å². The van der Waals surface area contributed by atoms with Gasteiger partial charge < -0.3 is 15.5 Å². The van der Waals surface area contributed by atoms with Crippen LogP contribution in [-0.2, 0) is 16.1 Å². The van der Waals surface area contributed by atoms with Gasteiger partial charge in [-0.05, 0) is 55.0 Å². The van der Waals surface area contributed by atoms with E-state index < -0.39 is 5.92 Å². The standard InChI is InChI=1S/C26H24FN3O3/c1-17-5-11-22(12-6-17)29-26(33)19-3-2-4-23(13-19)30-16-20(14-24(30)31)25(32)28-15-18-7-9-21(27)10-8-18/h2-13,20H,14-16H2,1H3,(H,28,32)(H,29,33). The summed E-state index contributed by atoms with van der Waals surface area (Å²) >= 11 is 0. The Hall–Kier alpha value is -4.00. The van der Waals surface area contributed by atoms with Crippen LogP contribution in [0.25, 0.3) is 0 Å². The van der Waals surface area contributed by atoms with Gasteiger partial charge in [0.2, 0.25) is 11.8 Å². The molecule has 0 radical (unpaired) electrons. The molecule has 0 aliphatic carbocycles. The van der Waals surface area contributed by atoms with Crippen molar-refractivity contribution in [2.24, 2.45) is 5.92 Å². The molecule has 1 aliphatic heterocycles. The molecule has 7 heteroatoms. The average Bonchev–Trinajstić information content (AvgIpc) is 3.22. The first-order valence-corrected chi connectivity index (χ1v) is 10.7. The topological polar surface area (TPSA) is 78.5 Å². The van der Waals surface area contributed by atoms with Crippen molar-refractivity contribution in [1.29, 1.82) is 0 Å². The Morgan fingerprint density at radius 2 is 1.76 bits per heavy atom. The SMILES string of the molecule is Cc1ccc(NC(=O)c2cccc(N3CC(C(=O)NCc4ccc(F)cc4)CC3=O)c2)cc1. The zero-order valence-electron chi connectivity index (χ0n) is 18.2. The minimum Gasteiger partial charge on any atom is -0.352 e. The lowest BCUT2D eigenvalue weighted by Crippen LogP contribution is -2.32. The lowest BCUT2D eigenvalue weighted by molar-refractivity contribution is -0.126. The number of nitrogens with zero attached hydrogens (tertiary/aromatic N) is 1. The van der Waals surface area contributed by atoms with Crippen molar-refractivity contribution in [3.8, 4) is 0 Å². The highest BCUT2D eigenvalue weighted by Gasteiger charge is 2.35. The highest BCUT2D eigenvalue weighted by atomic mass is 19.1. The van der Waals surface area contributed by atoms with Crippen LogP contribution in [0.2, 0.25) is 0 Å². The summed E-state index contributed by atoms with van der Waals surface area (Å²) in [5.41, 5.74) is 3.55. The molecule has 1 fully saturated rings. The smallest absolute Gasteiger partial charge is 0.255 e. The number of benzene rings is 3. The van der Waals surface area contributed by atoms with Gasteiger partial charge in [-0.3, -0.25) is 14.4 Å². The fourth-order valence-electron chi connectivity index (χ4n) is 3.72. The van der Waals surface area contributed by atoms with Crippen LogP contribution in [0.1, 0.15) is 27.9 Å². The first-order chi connectivity index (χ1) is 15.9. The maximum absolute atomic E-state index is 13.0. The summed E-state index contributed by atoms with van der Waals surface area (Å²) in [5, 5.41) is 5.66. The Bertz CT molecular complexity index is 1180. The van der Waals surface area contributed by atoms with Crippen LogP contribution in [-0.4, -0.2) is 24.3 Å². The van der Waals surface area contributed by atoms with E-state index >= 15 is 0 Å². The van der Waals surface area contributed by atoms with E-state index in [1.807, 2.05) is 31.2 Å². The molecular formula is C26H24FN3O3. The molecule has 0 aromatic heterocycles. The number of carbonyl (C=O) groups is 3. The molecule has 0 spiro atoms. The Kier molecular flexibility index (Phi) is 6.49. The molecule has 3 aromatic carbocycles. The van der Waals surface area contributed by atoms with E-state index in [0.717, 1.165) is 11.1 Å². The minimum absolute atomic E-state index is 0.0923. The molecule has 1 heterocycles. The number of halogens is 1. The van der Waals surface area contributed by atoms with Crippen molar-refractivity contribution >= 4 is 29.1 Å². The molecule has 1 unspecified atom stereocenters. The molecule has 33 heavy (non-hydrogen) atoms. The molecule has 1 aliphatic rings. The predicted molar refractivity (Wildman–Crippen MR) is 124 cm³/mol. The van der Waals surface area contributed by atoms with E-state index in [1.165, 1.54) is 17.0 Å². The summed E-state index contributed by atoms with van der Waals surface area (Å²) in [6.07, 6.45) is 0.0923. The molecule has 2 N–H and O–H groups in total. The van der Waals surface area contributed by atoms with E-state index in [2.05, 4.69) is 10.6 Å². The molecule has 6 nitrogen and oxygen atoms in total. The lowest BCUT2D eigenvalue weighted by Gasteiger charge is -2.18. The Morgan fingerprint density at radius 3 is 2.48 bits per heavy atom. The number of amides is 3. The third-order valence-electron chi connectivity index (χ3n) is 5.61. The molecule has 3 aromatic rings. The van der Waals surface area contributed by atoms with Gasteiger partial charge in [0.1, 0.15) is 5.82 Å². The second-order valence-corrected chi connectivity index (χ2v) is 8.12. The van der Waals surface area contributed by atoms with E-state index in [0.29, 0.717) is 16.9 Å². The number of hydrogen-bond acceptors (Lipinski definition) is 3. The van der Waals surface area contributed by atoms with E-state index in [9.17, 15) is 18.8 Å². The molecule has 0 saturated carbocycles. The molecule has 0 bridgehead atoms. The fraction of sp³-hybridized carbons (Fsp3) is 0.192. The van der Waals surface area contributed by atoms with Crippen LogP contribution in [0.15, 0.2) is 72.8 Å². The largest absolute Gasteiger partial charge is 0.352 e. The van der Waals surface area contributed by atoms with Gasteiger partial charge in [0.05, 0.1) is 5.92 Å². The van der Waals surface area contributed by atoms with Crippen LogP contribution in [0, 0.1) is 18.7 Å².